The molecule has 1 saturated heterocycles. The molecule has 182 valence electrons. The van der Waals surface area contributed by atoms with E-state index < -0.39 is 15.9 Å². The highest BCUT2D eigenvalue weighted by molar-refractivity contribution is 7.92. The lowest BCUT2D eigenvalue weighted by molar-refractivity contribution is -0.117. The molecule has 1 fully saturated rings. The Balaban J connectivity index is 1.59. The van der Waals surface area contributed by atoms with Crippen molar-refractivity contribution in [3.63, 3.8) is 0 Å². The molecule has 3 aromatic carbocycles. The lowest BCUT2D eigenvalue weighted by Gasteiger charge is -2.26. The van der Waals surface area contributed by atoms with Crippen LogP contribution < -0.4 is 14.5 Å². The zero-order chi connectivity index (χ0) is 25.2. The first-order valence-corrected chi connectivity index (χ1v) is 13.0. The Hall–Kier alpha value is -3.65. The van der Waals surface area contributed by atoms with Crippen molar-refractivity contribution in [1.82, 2.24) is 0 Å². The van der Waals surface area contributed by atoms with Crippen molar-refractivity contribution >= 4 is 38.9 Å². The summed E-state index contributed by atoms with van der Waals surface area (Å²) in [6.45, 7) is 5.94. The topological polar surface area (TPSA) is 86.8 Å². The molecule has 0 radical (unpaired) electrons. The van der Waals surface area contributed by atoms with E-state index in [9.17, 15) is 18.0 Å². The van der Waals surface area contributed by atoms with Gasteiger partial charge in [0.1, 0.15) is 6.54 Å². The van der Waals surface area contributed by atoms with Gasteiger partial charge in [-0.05, 0) is 80.8 Å². The minimum Gasteiger partial charge on any atom is -0.325 e. The molecule has 2 amide bonds. The minimum absolute atomic E-state index is 0.0901. The van der Waals surface area contributed by atoms with E-state index in [0.717, 1.165) is 33.1 Å². The highest BCUT2D eigenvalue weighted by Gasteiger charge is 2.29. The predicted octanol–water partition coefficient (Wildman–Crippen LogP) is 4.57. The summed E-state index contributed by atoms with van der Waals surface area (Å²) in [7, 11) is -3.99. The number of nitrogens with one attached hydrogen (secondary N) is 1. The second kappa shape index (κ2) is 9.92. The summed E-state index contributed by atoms with van der Waals surface area (Å²) in [6.07, 6.45) is 1.38. The fourth-order valence-electron chi connectivity index (χ4n) is 4.12. The smallest absolute Gasteiger partial charge is 0.264 e. The Morgan fingerprint density at radius 2 is 1.66 bits per heavy atom. The molecule has 1 aliphatic heterocycles. The summed E-state index contributed by atoms with van der Waals surface area (Å²) < 4.78 is 28.4. The highest BCUT2D eigenvalue weighted by atomic mass is 32.2. The van der Waals surface area contributed by atoms with Crippen LogP contribution in [0.4, 0.5) is 17.1 Å². The van der Waals surface area contributed by atoms with Crippen LogP contribution in [0.1, 0.15) is 29.5 Å². The van der Waals surface area contributed by atoms with Gasteiger partial charge in [-0.25, -0.2) is 8.42 Å². The molecule has 8 heteroatoms. The van der Waals surface area contributed by atoms with Gasteiger partial charge in [0.15, 0.2) is 0 Å². The number of nitrogens with zero attached hydrogens (tertiary/aromatic N) is 2. The summed E-state index contributed by atoms with van der Waals surface area (Å²) in [5.74, 6) is -0.376. The van der Waals surface area contributed by atoms with Gasteiger partial charge < -0.3 is 10.2 Å². The van der Waals surface area contributed by atoms with E-state index in [1.165, 1.54) is 0 Å². The van der Waals surface area contributed by atoms with Gasteiger partial charge in [0, 0.05) is 24.3 Å². The SMILES string of the molecule is Cc1ccc(S(=O)(=O)N(CC(=O)Nc2ccc(N3CCCC3=O)cc2)c2cccc(C)c2C)cc1. The summed E-state index contributed by atoms with van der Waals surface area (Å²) >= 11 is 0. The summed E-state index contributed by atoms with van der Waals surface area (Å²) in [5.41, 5.74) is 4.43. The third-order valence-corrected chi connectivity index (χ3v) is 8.05. The van der Waals surface area contributed by atoms with Gasteiger partial charge in [-0.1, -0.05) is 29.8 Å². The van der Waals surface area contributed by atoms with Crippen LogP contribution in [0.15, 0.2) is 71.6 Å². The Morgan fingerprint density at radius 3 is 2.29 bits per heavy atom. The monoisotopic (exact) mass is 491 g/mol. The van der Waals surface area contributed by atoms with Crippen LogP contribution in [0.5, 0.6) is 0 Å². The van der Waals surface area contributed by atoms with Crippen LogP contribution >= 0.6 is 0 Å². The Kier molecular flexibility index (Phi) is 6.93. The van der Waals surface area contributed by atoms with E-state index in [1.807, 2.05) is 26.8 Å². The van der Waals surface area contributed by atoms with Crippen molar-refractivity contribution in [3.05, 3.63) is 83.4 Å². The van der Waals surface area contributed by atoms with E-state index in [0.29, 0.717) is 24.3 Å². The number of hydrogen-bond acceptors (Lipinski definition) is 4. The fourth-order valence-corrected chi connectivity index (χ4v) is 5.60. The largest absolute Gasteiger partial charge is 0.325 e. The average molecular weight is 492 g/mol. The molecule has 3 aromatic rings. The maximum absolute atomic E-state index is 13.6. The van der Waals surface area contributed by atoms with Crippen LogP contribution in [0.3, 0.4) is 0 Å². The molecule has 1 aliphatic rings. The van der Waals surface area contributed by atoms with Crippen molar-refractivity contribution in [2.24, 2.45) is 0 Å². The van der Waals surface area contributed by atoms with Gasteiger partial charge in [0.25, 0.3) is 10.0 Å². The van der Waals surface area contributed by atoms with E-state index in [2.05, 4.69) is 5.32 Å². The normalized spacial score (nSPS) is 13.7. The molecule has 7 nitrogen and oxygen atoms in total. The van der Waals surface area contributed by atoms with E-state index in [1.54, 1.807) is 65.6 Å². The number of amides is 2. The Bertz CT molecular complexity index is 1350. The molecule has 4 rings (SSSR count). The zero-order valence-corrected chi connectivity index (χ0v) is 20.9. The second-order valence-electron chi connectivity index (χ2n) is 8.79. The summed E-state index contributed by atoms with van der Waals surface area (Å²) in [4.78, 5) is 26.9. The predicted molar refractivity (Wildman–Crippen MR) is 138 cm³/mol. The summed E-state index contributed by atoms with van der Waals surface area (Å²) in [5, 5.41) is 2.79. The van der Waals surface area contributed by atoms with Crippen LogP contribution in [0.25, 0.3) is 0 Å². The molecule has 35 heavy (non-hydrogen) atoms. The zero-order valence-electron chi connectivity index (χ0n) is 20.1. The number of aryl methyl sites for hydroxylation is 2. The number of hydrogen-bond donors (Lipinski definition) is 1. The maximum Gasteiger partial charge on any atom is 0.264 e. The minimum atomic E-state index is -3.99. The van der Waals surface area contributed by atoms with Crippen LogP contribution in [-0.2, 0) is 19.6 Å². The number of anilines is 3. The molecule has 0 aliphatic carbocycles. The van der Waals surface area contributed by atoms with Crippen molar-refractivity contribution in [3.8, 4) is 0 Å². The van der Waals surface area contributed by atoms with Crippen molar-refractivity contribution in [2.45, 2.75) is 38.5 Å². The number of carbonyl (C=O) groups excluding carboxylic acids is 2. The summed E-state index contributed by atoms with van der Waals surface area (Å²) in [6, 6.07) is 19.0. The van der Waals surface area contributed by atoms with Crippen LogP contribution in [0, 0.1) is 20.8 Å². The first-order chi connectivity index (χ1) is 16.7. The molecule has 0 atom stereocenters. The fraction of sp³-hybridized carbons (Fsp3) is 0.259. The second-order valence-corrected chi connectivity index (χ2v) is 10.7. The van der Waals surface area contributed by atoms with Crippen molar-refractivity contribution < 1.29 is 18.0 Å². The third kappa shape index (κ3) is 5.22. The number of benzene rings is 3. The molecule has 1 N–H and O–H groups in total. The van der Waals surface area contributed by atoms with E-state index in [-0.39, 0.29) is 17.3 Å². The van der Waals surface area contributed by atoms with Gasteiger partial charge in [0.05, 0.1) is 10.6 Å². The Labute approximate surface area is 206 Å². The van der Waals surface area contributed by atoms with Gasteiger partial charge in [-0.15, -0.1) is 0 Å². The third-order valence-electron chi connectivity index (χ3n) is 6.28. The first-order valence-electron chi connectivity index (χ1n) is 11.5. The number of carbonyl (C=O) groups is 2. The van der Waals surface area contributed by atoms with Gasteiger partial charge in [0.2, 0.25) is 11.8 Å². The van der Waals surface area contributed by atoms with Crippen LogP contribution in [-0.4, -0.2) is 33.3 Å². The molecule has 0 unspecified atom stereocenters. The first kappa shape index (κ1) is 24.5. The molecular weight excluding hydrogens is 462 g/mol. The standard InChI is InChI=1S/C27H29N3O4S/c1-19-9-15-24(16-10-19)35(33,34)30(25-7-4-6-20(2)21(25)3)18-26(31)28-22-11-13-23(14-12-22)29-17-5-8-27(29)32/h4,6-7,9-16H,5,8,17-18H2,1-3H3,(H,28,31). The highest BCUT2D eigenvalue weighted by Crippen LogP contribution is 2.29. The van der Waals surface area contributed by atoms with Gasteiger partial charge in [-0.2, -0.15) is 0 Å². The number of rotatable bonds is 7. The van der Waals surface area contributed by atoms with Crippen molar-refractivity contribution in [2.75, 3.05) is 27.6 Å². The quantitative estimate of drug-likeness (QED) is 0.524. The van der Waals surface area contributed by atoms with E-state index >= 15 is 0 Å². The van der Waals surface area contributed by atoms with Crippen molar-refractivity contribution in [1.29, 1.82) is 0 Å². The molecule has 0 spiro atoms. The number of sulfonamides is 1. The van der Waals surface area contributed by atoms with Gasteiger partial charge in [-0.3, -0.25) is 13.9 Å². The molecule has 0 bridgehead atoms. The molecule has 0 aromatic heterocycles. The van der Waals surface area contributed by atoms with E-state index in [4.69, 9.17) is 0 Å². The lowest BCUT2D eigenvalue weighted by Crippen LogP contribution is -2.38. The van der Waals surface area contributed by atoms with Crippen LogP contribution in [0.2, 0.25) is 0 Å². The average Bonchev–Trinajstić information content (AvgIpc) is 3.26. The van der Waals surface area contributed by atoms with Gasteiger partial charge >= 0.3 is 0 Å². The Morgan fingerprint density at radius 1 is 0.971 bits per heavy atom. The molecule has 0 saturated carbocycles. The molecule has 1 heterocycles. The maximum atomic E-state index is 13.6. The molecular formula is C27H29N3O4S. The lowest BCUT2D eigenvalue weighted by atomic mass is 10.1.